The third kappa shape index (κ3) is 3.32. The number of fused-ring (bicyclic) bond motifs is 1. The maximum Gasteiger partial charge on any atom is 0.0722 e. The zero-order chi connectivity index (χ0) is 18.1. The highest BCUT2D eigenvalue weighted by molar-refractivity contribution is 5.91. The van der Waals surface area contributed by atoms with E-state index in [0.717, 1.165) is 38.2 Å². The molecule has 1 aromatic heterocycles. The lowest BCUT2D eigenvalue weighted by molar-refractivity contribution is 0.249. The molecule has 26 heavy (non-hydrogen) atoms. The number of piperazine rings is 1. The molecule has 1 fully saturated rings. The minimum atomic E-state index is 1.06. The molecule has 3 heteroatoms. The quantitative estimate of drug-likeness (QED) is 0.697. The molecule has 0 radical (unpaired) electrons. The van der Waals surface area contributed by atoms with E-state index in [9.17, 15) is 0 Å². The van der Waals surface area contributed by atoms with Crippen LogP contribution in [0.2, 0.25) is 0 Å². The highest BCUT2D eigenvalue weighted by Gasteiger charge is 2.20. The van der Waals surface area contributed by atoms with Crippen molar-refractivity contribution in [2.24, 2.45) is 0 Å². The minimum Gasteiger partial charge on any atom is -0.368 e. The van der Waals surface area contributed by atoms with Crippen LogP contribution in [0.3, 0.4) is 0 Å². The molecule has 0 spiro atoms. The molecule has 0 bridgehead atoms. The van der Waals surface area contributed by atoms with Crippen molar-refractivity contribution in [2.45, 2.75) is 27.3 Å². The normalized spacial score (nSPS) is 15.6. The number of nitrogens with zero attached hydrogens (tertiary/aromatic N) is 3. The zero-order valence-corrected chi connectivity index (χ0v) is 16.0. The highest BCUT2D eigenvalue weighted by Crippen LogP contribution is 2.26. The van der Waals surface area contributed by atoms with Gasteiger partial charge in [-0.25, -0.2) is 0 Å². The Labute approximate surface area is 156 Å². The first-order valence-corrected chi connectivity index (χ1v) is 9.49. The molecule has 1 aliphatic heterocycles. The van der Waals surface area contributed by atoms with Crippen LogP contribution in [-0.2, 0) is 6.54 Å². The summed E-state index contributed by atoms with van der Waals surface area (Å²) in [5, 5.41) is 1.26. The average molecular weight is 345 g/mol. The summed E-state index contributed by atoms with van der Waals surface area (Å²) in [6, 6.07) is 15.2. The standard InChI is InChI=1S/C23H27N3/c1-17-14-18(2)21(19(3)15-17)16-25-10-12-26(13-11-25)23-8-9-24-22-7-5-4-6-20(22)23/h4-9,14-15H,10-13,16H2,1-3H3. The fourth-order valence-corrected chi connectivity index (χ4v) is 4.19. The van der Waals surface area contributed by atoms with Gasteiger partial charge in [-0.3, -0.25) is 9.88 Å². The van der Waals surface area contributed by atoms with Crippen molar-refractivity contribution in [1.82, 2.24) is 9.88 Å². The van der Waals surface area contributed by atoms with Gasteiger partial charge in [-0.2, -0.15) is 0 Å². The molecule has 0 N–H and O–H groups in total. The SMILES string of the molecule is Cc1cc(C)c(CN2CCN(c3ccnc4ccccc34)CC2)c(C)c1. The molecule has 3 nitrogen and oxygen atoms in total. The first-order valence-electron chi connectivity index (χ1n) is 9.49. The van der Waals surface area contributed by atoms with E-state index in [2.05, 4.69) is 78.0 Å². The summed E-state index contributed by atoms with van der Waals surface area (Å²) < 4.78 is 0. The molecule has 0 atom stereocenters. The molecule has 0 saturated carbocycles. The van der Waals surface area contributed by atoms with E-state index in [1.165, 1.54) is 33.3 Å². The molecule has 0 unspecified atom stereocenters. The third-order valence-corrected chi connectivity index (χ3v) is 5.56. The number of para-hydroxylation sites is 1. The maximum atomic E-state index is 4.50. The molecular formula is C23H27N3. The van der Waals surface area contributed by atoms with Gasteiger partial charge in [-0.05, 0) is 49.6 Å². The zero-order valence-electron chi connectivity index (χ0n) is 16.0. The van der Waals surface area contributed by atoms with Crippen LogP contribution < -0.4 is 4.90 Å². The van der Waals surface area contributed by atoms with Crippen LogP contribution in [0.5, 0.6) is 0 Å². The van der Waals surface area contributed by atoms with Crippen LogP contribution in [0.25, 0.3) is 10.9 Å². The van der Waals surface area contributed by atoms with Crippen LogP contribution in [-0.4, -0.2) is 36.1 Å². The van der Waals surface area contributed by atoms with E-state index >= 15 is 0 Å². The van der Waals surface area contributed by atoms with Crippen molar-refractivity contribution in [3.63, 3.8) is 0 Å². The molecule has 1 saturated heterocycles. The molecular weight excluding hydrogens is 318 g/mol. The number of hydrogen-bond acceptors (Lipinski definition) is 3. The Bertz CT molecular complexity index is 895. The number of hydrogen-bond donors (Lipinski definition) is 0. The summed E-state index contributed by atoms with van der Waals surface area (Å²) in [5.74, 6) is 0. The first-order chi connectivity index (χ1) is 12.6. The summed E-state index contributed by atoms with van der Waals surface area (Å²) in [7, 11) is 0. The molecule has 2 aromatic carbocycles. The average Bonchev–Trinajstić information content (AvgIpc) is 2.65. The fraction of sp³-hybridized carbons (Fsp3) is 0.348. The van der Waals surface area contributed by atoms with Gasteiger partial charge >= 0.3 is 0 Å². The number of aromatic nitrogens is 1. The molecule has 1 aliphatic rings. The van der Waals surface area contributed by atoms with Crippen molar-refractivity contribution in [2.75, 3.05) is 31.1 Å². The van der Waals surface area contributed by atoms with Crippen molar-refractivity contribution < 1.29 is 0 Å². The van der Waals surface area contributed by atoms with Crippen LogP contribution in [0.4, 0.5) is 5.69 Å². The molecule has 4 rings (SSSR count). The second-order valence-corrected chi connectivity index (χ2v) is 7.49. The second kappa shape index (κ2) is 7.08. The Hall–Kier alpha value is -2.39. The minimum absolute atomic E-state index is 1.06. The predicted octanol–water partition coefficient (Wildman–Crippen LogP) is 4.48. The number of aryl methyl sites for hydroxylation is 3. The van der Waals surface area contributed by atoms with Crippen molar-refractivity contribution in [3.8, 4) is 0 Å². The first kappa shape index (κ1) is 17.0. The topological polar surface area (TPSA) is 19.4 Å². The Kier molecular flexibility index (Phi) is 4.64. The maximum absolute atomic E-state index is 4.50. The van der Waals surface area contributed by atoms with Gasteiger partial charge in [-0.15, -0.1) is 0 Å². The largest absolute Gasteiger partial charge is 0.368 e. The van der Waals surface area contributed by atoms with E-state index in [1.54, 1.807) is 0 Å². The molecule has 0 aliphatic carbocycles. The van der Waals surface area contributed by atoms with E-state index < -0.39 is 0 Å². The predicted molar refractivity (Wildman–Crippen MR) is 110 cm³/mol. The fourth-order valence-electron chi connectivity index (χ4n) is 4.19. The van der Waals surface area contributed by atoms with E-state index in [1.807, 2.05) is 6.20 Å². The van der Waals surface area contributed by atoms with Crippen molar-refractivity contribution in [1.29, 1.82) is 0 Å². The van der Waals surface area contributed by atoms with Crippen LogP contribution in [0.15, 0.2) is 48.7 Å². The van der Waals surface area contributed by atoms with E-state index in [0.29, 0.717) is 0 Å². The summed E-state index contributed by atoms with van der Waals surface area (Å²) in [5.41, 5.74) is 8.10. The van der Waals surface area contributed by atoms with Gasteiger partial charge in [-0.1, -0.05) is 35.9 Å². The number of pyridine rings is 1. The Balaban J connectivity index is 1.48. The summed E-state index contributed by atoms with van der Waals surface area (Å²) in [6.07, 6.45) is 1.93. The lowest BCUT2D eigenvalue weighted by atomic mass is 9.99. The highest BCUT2D eigenvalue weighted by atomic mass is 15.3. The molecule has 2 heterocycles. The van der Waals surface area contributed by atoms with Gasteiger partial charge in [0, 0.05) is 50.0 Å². The van der Waals surface area contributed by atoms with Crippen molar-refractivity contribution >= 4 is 16.6 Å². The second-order valence-electron chi connectivity index (χ2n) is 7.49. The van der Waals surface area contributed by atoms with Gasteiger partial charge < -0.3 is 4.90 Å². The number of rotatable bonds is 3. The lowest BCUT2D eigenvalue weighted by Gasteiger charge is -2.37. The van der Waals surface area contributed by atoms with Gasteiger partial charge in [0.2, 0.25) is 0 Å². The Morgan fingerprint density at radius 3 is 2.31 bits per heavy atom. The Morgan fingerprint density at radius 1 is 0.885 bits per heavy atom. The molecule has 134 valence electrons. The summed E-state index contributed by atoms with van der Waals surface area (Å²) in [6.45, 7) is 12.1. The summed E-state index contributed by atoms with van der Waals surface area (Å²) in [4.78, 5) is 9.59. The molecule has 3 aromatic rings. The van der Waals surface area contributed by atoms with Crippen LogP contribution in [0.1, 0.15) is 22.3 Å². The van der Waals surface area contributed by atoms with Gasteiger partial charge in [0.05, 0.1) is 5.52 Å². The van der Waals surface area contributed by atoms with Gasteiger partial charge in [0.15, 0.2) is 0 Å². The van der Waals surface area contributed by atoms with Gasteiger partial charge in [0.1, 0.15) is 0 Å². The van der Waals surface area contributed by atoms with E-state index in [4.69, 9.17) is 0 Å². The van der Waals surface area contributed by atoms with Gasteiger partial charge in [0.25, 0.3) is 0 Å². The number of benzene rings is 2. The Morgan fingerprint density at radius 2 is 1.58 bits per heavy atom. The lowest BCUT2D eigenvalue weighted by Crippen LogP contribution is -2.46. The monoisotopic (exact) mass is 345 g/mol. The third-order valence-electron chi connectivity index (χ3n) is 5.56. The van der Waals surface area contributed by atoms with Crippen molar-refractivity contribution in [3.05, 3.63) is 70.9 Å². The van der Waals surface area contributed by atoms with Crippen LogP contribution in [0, 0.1) is 20.8 Å². The van der Waals surface area contributed by atoms with E-state index in [-0.39, 0.29) is 0 Å². The molecule has 0 amide bonds. The van der Waals surface area contributed by atoms with Crippen LogP contribution >= 0.6 is 0 Å². The number of anilines is 1. The summed E-state index contributed by atoms with van der Waals surface area (Å²) >= 11 is 0. The smallest absolute Gasteiger partial charge is 0.0722 e.